The van der Waals surface area contributed by atoms with Crippen LogP contribution in [-0.4, -0.2) is 56.0 Å². The van der Waals surface area contributed by atoms with Crippen molar-refractivity contribution < 1.29 is 14.6 Å². The van der Waals surface area contributed by atoms with Gasteiger partial charge in [-0.1, -0.05) is 0 Å². The number of rotatable bonds is 7. The van der Waals surface area contributed by atoms with Gasteiger partial charge in [-0.2, -0.15) is 0 Å². The van der Waals surface area contributed by atoms with E-state index >= 15 is 0 Å². The normalized spacial score (nSPS) is 21.5. The molecule has 1 aromatic carbocycles. The Balaban J connectivity index is 1.50. The van der Waals surface area contributed by atoms with Crippen LogP contribution in [0.4, 0.5) is 0 Å². The lowest BCUT2D eigenvalue weighted by atomic mass is 9.96. The van der Waals surface area contributed by atoms with Gasteiger partial charge in [-0.05, 0) is 57.5 Å². The molecule has 2 aliphatic rings. The van der Waals surface area contributed by atoms with E-state index in [1.807, 2.05) is 0 Å². The Morgan fingerprint density at radius 3 is 2.83 bits per heavy atom. The summed E-state index contributed by atoms with van der Waals surface area (Å²) in [7, 11) is 1.74. The van der Waals surface area contributed by atoms with Crippen molar-refractivity contribution in [3.8, 4) is 11.5 Å². The first-order valence-corrected chi connectivity index (χ1v) is 9.10. The second-order valence-electron chi connectivity index (χ2n) is 7.04. The van der Waals surface area contributed by atoms with Gasteiger partial charge in [0.1, 0.15) is 17.6 Å². The van der Waals surface area contributed by atoms with Crippen molar-refractivity contribution in [3.63, 3.8) is 0 Å². The number of benzene rings is 1. The summed E-state index contributed by atoms with van der Waals surface area (Å²) in [6.45, 7) is 7.22. The van der Waals surface area contributed by atoms with E-state index in [9.17, 15) is 0 Å². The van der Waals surface area contributed by atoms with E-state index < -0.39 is 0 Å². The Morgan fingerprint density at radius 2 is 2.12 bits per heavy atom. The number of aliphatic hydroxyl groups excluding tert-OH is 1. The van der Waals surface area contributed by atoms with Crippen LogP contribution in [0.25, 0.3) is 0 Å². The molecule has 1 saturated heterocycles. The molecule has 5 heteroatoms. The molecule has 0 spiro atoms. The highest BCUT2D eigenvalue weighted by Gasteiger charge is 2.22. The third-order valence-electron chi connectivity index (χ3n) is 5.17. The molecule has 0 radical (unpaired) electrons. The van der Waals surface area contributed by atoms with Gasteiger partial charge in [-0.25, -0.2) is 0 Å². The smallest absolute Gasteiger partial charge is 0.123 e. The number of methoxy groups -OCH3 is 1. The number of nitrogens with zero attached hydrogens (tertiary/aromatic N) is 1. The third kappa shape index (κ3) is 4.21. The van der Waals surface area contributed by atoms with Gasteiger partial charge in [0, 0.05) is 30.6 Å². The first-order chi connectivity index (χ1) is 11.7. The van der Waals surface area contributed by atoms with E-state index in [1.165, 1.54) is 24.0 Å². The van der Waals surface area contributed by atoms with Crippen molar-refractivity contribution in [1.82, 2.24) is 10.2 Å². The SMILES string of the molecule is COc1cc2c(cc1CNCC1CCN(CCO)CC1)OC(C)C2. The first-order valence-electron chi connectivity index (χ1n) is 9.10. The average molecular weight is 334 g/mol. The third-order valence-corrected chi connectivity index (χ3v) is 5.17. The number of β-amino-alcohol motifs (C(OH)–C–C–N with tert-alkyl or cyclic N) is 1. The van der Waals surface area contributed by atoms with E-state index in [4.69, 9.17) is 14.6 Å². The first kappa shape index (κ1) is 17.5. The molecule has 1 atom stereocenters. The highest BCUT2D eigenvalue weighted by Crippen LogP contribution is 2.35. The molecular formula is C19H30N2O3. The molecule has 1 aromatic rings. The van der Waals surface area contributed by atoms with Gasteiger partial charge in [-0.15, -0.1) is 0 Å². The van der Waals surface area contributed by atoms with Crippen LogP contribution in [0.3, 0.4) is 0 Å². The maximum Gasteiger partial charge on any atom is 0.123 e. The zero-order chi connectivity index (χ0) is 16.9. The number of likely N-dealkylation sites (tertiary alicyclic amines) is 1. The van der Waals surface area contributed by atoms with Gasteiger partial charge in [0.05, 0.1) is 13.7 Å². The number of aliphatic hydroxyl groups is 1. The number of piperidine rings is 1. The summed E-state index contributed by atoms with van der Waals surface area (Å²) in [5, 5.41) is 12.6. The summed E-state index contributed by atoms with van der Waals surface area (Å²) in [5.41, 5.74) is 2.42. The molecule has 0 aromatic heterocycles. The summed E-state index contributed by atoms with van der Waals surface area (Å²) >= 11 is 0. The molecule has 2 heterocycles. The number of ether oxygens (including phenoxy) is 2. The van der Waals surface area contributed by atoms with Crippen LogP contribution < -0.4 is 14.8 Å². The summed E-state index contributed by atoms with van der Waals surface area (Å²) < 4.78 is 11.4. The predicted octanol–water partition coefficient (Wildman–Crippen LogP) is 1.81. The summed E-state index contributed by atoms with van der Waals surface area (Å²) in [5.74, 6) is 2.69. The molecule has 0 aliphatic carbocycles. The Hall–Kier alpha value is -1.30. The zero-order valence-corrected chi connectivity index (χ0v) is 14.9. The van der Waals surface area contributed by atoms with Crippen LogP contribution in [-0.2, 0) is 13.0 Å². The van der Waals surface area contributed by atoms with Crippen molar-refractivity contribution in [2.75, 3.05) is 39.9 Å². The quantitative estimate of drug-likeness (QED) is 0.796. The summed E-state index contributed by atoms with van der Waals surface area (Å²) in [6.07, 6.45) is 3.63. The fraction of sp³-hybridized carbons (Fsp3) is 0.684. The van der Waals surface area contributed by atoms with Crippen LogP contribution in [0.1, 0.15) is 30.9 Å². The van der Waals surface area contributed by atoms with Crippen LogP contribution in [0.2, 0.25) is 0 Å². The molecule has 0 bridgehead atoms. The van der Waals surface area contributed by atoms with Gasteiger partial charge < -0.3 is 24.8 Å². The van der Waals surface area contributed by atoms with E-state index in [0.29, 0.717) is 0 Å². The van der Waals surface area contributed by atoms with Crippen LogP contribution in [0.15, 0.2) is 12.1 Å². The molecule has 0 amide bonds. The zero-order valence-electron chi connectivity index (χ0n) is 14.9. The van der Waals surface area contributed by atoms with Crippen LogP contribution in [0.5, 0.6) is 11.5 Å². The molecule has 3 rings (SSSR count). The molecule has 1 unspecified atom stereocenters. The lowest BCUT2D eigenvalue weighted by Gasteiger charge is -2.31. The van der Waals surface area contributed by atoms with E-state index in [1.54, 1.807) is 7.11 Å². The Kier molecular flexibility index (Phi) is 5.98. The largest absolute Gasteiger partial charge is 0.496 e. The summed E-state index contributed by atoms with van der Waals surface area (Å²) in [6, 6.07) is 4.26. The van der Waals surface area contributed by atoms with E-state index in [2.05, 4.69) is 29.3 Å². The Bertz CT molecular complexity index is 542. The minimum Gasteiger partial charge on any atom is -0.496 e. The van der Waals surface area contributed by atoms with Crippen molar-refractivity contribution in [3.05, 3.63) is 23.3 Å². The fourth-order valence-electron chi connectivity index (χ4n) is 3.78. The van der Waals surface area contributed by atoms with Gasteiger partial charge in [-0.3, -0.25) is 0 Å². The molecule has 1 fully saturated rings. The Morgan fingerprint density at radius 1 is 1.33 bits per heavy atom. The number of hydrogen-bond donors (Lipinski definition) is 2. The van der Waals surface area contributed by atoms with Gasteiger partial charge in [0.15, 0.2) is 0 Å². The minimum absolute atomic E-state index is 0.261. The number of hydrogen-bond acceptors (Lipinski definition) is 5. The van der Waals surface area contributed by atoms with Gasteiger partial charge >= 0.3 is 0 Å². The topological polar surface area (TPSA) is 54.0 Å². The van der Waals surface area contributed by atoms with Crippen molar-refractivity contribution >= 4 is 0 Å². The molecule has 0 saturated carbocycles. The molecule has 5 nitrogen and oxygen atoms in total. The maximum atomic E-state index is 9.01. The fourth-order valence-corrected chi connectivity index (χ4v) is 3.78. The van der Waals surface area contributed by atoms with E-state index in [-0.39, 0.29) is 12.7 Å². The summed E-state index contributed by atoms with van der Waals surface area (Å²) in [4.78, 5) is 2.35. The second-order valence-corrected chi connectivity index (χ2v) is 7.04. The molecule has 2 aliphatic heterocycles. The van der Waals surface area contributed by atoms with Crippen molar-refractivity contribution in [1.29, 1.82) is 0 Å². The van der Waals surface area contributed by atoms with Gasteiger partial charge in [0.2, 0.25) is 0 Å². The van der Waals surface area contributed by atoms with E-state index in [0.717, 1.165) is 56.6 Å². The van der Waals surface area contributed by atoms with Crippen molar-refractivity contribution in [2.24, 2.45) is 5.92 Å². The predicted molar refractivity (Wildman–Crippen MR) is 94.7 cm³/mol. The van der Waals surface area contributed by atoms with Crippen molar-refractivity contribution in [2.45, 2.75) is 38.8 Å². The molecule has 24 heavy (non-hydrogen) atoms. The van der Waals surface area contributed by atoms with Crippen LogP contribution in [0, 0.1) is 5.92 Å². The standard InChI is InChI=1S/C19H30N2O3/c1-14-9-16-10-18(23-2)17(11-19(16)24-14)13-20-12-15-3-5-21(6-4-15)7-8-22/h10-11,14-15,20,22H,3-9,12-13H2,1-2H3. The Labute approximate surface area is 144 Å². The lowest BCUT2D eigenvalue weighted by molar-refractivity contribution is 0.146. The molecule has 134 valence electrons. The average Bonchev–Trinajstić information content (AvgIpc) is 2.95. The minimum atomic E-state index is 0.261. The highest BCUT2D eigenvalue weighted by atomic mass is 16.5. The number of nitrogens with one attached hydrogen (secondary N) is 1. The van der Waals surface area contributed by atoms with Crippen LogP contribution >= 0.6 is 0 Å². The van der Waals surface area contributed by atoms with Gasteiger partial charge in [0.25, 0.3) is 0 Å². The second kappa shape index (κ2) is 8.19. The monoisotopic (exact) mass is 334 g/mol. The molecular weight excluding hydrogens is 304 g/mol. The maximum absolute atomic E-state index is 9.01. The molecule has 2 N–H and O–H groups in total. The lowest BCUT2D eigenvalue weighted by Crippen LogP contribution is -2.38. The number of fused-ring (bicyclic) bond motifs is 1. The highest BCUT2D eigenvalue weighted by molar-refractivity contribution is 5.48.